The highest BCUT2D eigenvalue weighted by Crippen LogP contribution is 2.40. The molecule has 1 aliphatic carbocycles. The topological polar surface area (TPSA) is 126 Å². The van der Waals surface area contributed by atoms with Crippen LogP contribution >= 0.6 is 11.6 Å². The van der Waals surface area contributed by atoms with E-state index in [4.69, 9.17) is 26.3 Å². The average molecular weight is 823 g/mol. The van der Waals surface area contributed by atoms with Crippen LogP contribution in [0.5, 0.6) is 5.75 Å². The summed E-state index contributed by atoms with van der Waals surface area (Å²) >= 11 is 6.75. The summed E-state index contributed by atoms with van der Waals surface area (Å²) in [7, 11) is 2.13. The third kappa shape index (κ3) is 8.48. The minimum atomic E-state index is -0.601. The summed E-state index contributed by atoms with van der Waals surface area (Å²) in [5.41, 5.74) is 4.66. The molecule has 2 fully saturated rings. The molecule has 0 unspecified atom stereocenters. The summed E-state index contributed by atoms with van der Waals surface area (Å²) < 4.78 is 10.4. The Hall–Kier alpha value is -5.18. The molecule has 0 saturated carbocycles. The summed E-state index contributed by atoms with van der Waals surface area (Å²) in [5.74, 6) is 1.83. The van der Waals surface area contributed by atoms with Crippen molar-refractivity contribution in [2.75, 3.05) is 43.2 Å². The zero-order chi connectivity index (χ0) is 41.4. The van der Waals surface area contributed by atoms with Gasteiger partial charge in [0.2, 0.25) is 5.95 Å². The number of nitrogens with zero attached hydrogens (tertiary/aromatic N) is 9. The van der Waals surface area contributed by atoms with E-state index in [1.807, 2.05) is 86.0 Å². The van der Waals surface area contributed by atoms with Crippen molar-refractivity contribution in [2.45, 2.75) is 103 Å². The minimum Gasteiger partial charge on any atom is -0.484 e. The van der Waals surface area contributed by atoms with Crippen LogP contribution in [0.1, 0.15) is 101 Å². The highest BCUT2D eigenvalue weighted by molar-refractivity contribution is 6.31. The molecule has 3 aromatic heterocycles. The standard InChI is InChI=1S/C44H55ClN10O4/c1-29-10-9-11-30(2)53(29)42-48-47-40-19-15-33(27-52(40)42)59-38-18-17-37(34-12-7-8-13-35(34)38)46-43(57)55(58-28-56)41-25-39(44(3,4)5)49-54(41)32-14-16-36(45)31(24-32)26-51-22-20-50(6)21-23-51/h7-8,12-16,19,24-25,27-30,37-38H,9-11,17-18,20-23,26H2,1-6H3,(H,46,57)/t29-,30+,37-,38+/m0/s1. The van der Waals surface area contributed by atoms with E-state index in [1.54, 1.807) is 10.7 Å². The van der Waals surface area contributed by atoms with E-state index >= 15 is 0 Å². The van der Waals surface area contributed by atoms with Crippen molar-refractivity contribution in [1.82, 2.24) is 39.5 Å². The number of carbonyl (C=O) groups excluding carboxylic acids is 2. The Bertz CT molecular complexity index is 2290. The first-order valence-corrected chi connectivity index (χ1v) is 21.2. The van der Waals surface area contributed by atoms with E-state index in [0.717, 1.165) is 78.1 Å². The number of benzene rings is 2. The van der Waals surface area contributed by atoms with Gasteiger partial charge in [-0.1, -0.05) is 56.6 Å². The molecule has 2 saturated heterocycles. The minimum absolute atomic E-state index is 0.257. The second kappa shape index (κ2) is 16.8. The number of hydrogen-bond acceptors (Lipinski definition) is 10. The van der Waals surface area contributed by atoms with Gasteiger partial charge in [-0.3, -0.25) is 14.1 Å². The first kappa shape index (κ1) is 40.6. The molecule has 15 heteroatoms. The Morgan fingerprint density at radius 3 is 2.42 bits per heavy atom. The number of amides is 2. The van der Waals surface area contributed by atoms with Gasteiger partial charge in [-0.25, -0.2) is 9.48 Å². The molecule has 0 spiro atoms. The van der Waals surface area contributed by atoms with Crippen LogP contribution in [0, 0.1) is 0 Å². The maximum atomic E-state index is 14.4. The van der Waals surface area contributed by atoms with E-state index in [9.17, 15) is 9.59 Å². The number of piperazine rings is 1. The summed E-state index contributed by atoms with van der Waals surface area (Å²) in [6, 6.07) is 19.1. The van der Waals surface area contributed by atoms with Crippen molar-refractivity contribution >= 4 is 41.5 Å². The number of hydrogen-bond donors (Lipinski definition) is 1. The molecule has 2 aliphatic heterocycles. The number of likely N-dealkylation sites (N-methyl/N-ethyl adjacent to an activating group) is 1. The van der Waals surface area contributed by atoms with Crippen LogP contribution < -0.4 is 20.0 Å². The van der Waals surface area contributed by atoms with Gasteiger partial charge in [0, 0.05) is 61.3 Å². The number of carbonyl (C=O) groups is 2. The van der Waals surface area contributed by atoms with E-state index in [-0.39, 0.29) is 29.9 Å². The smallest absolute Gasteiger partial charge is 0.357 e. The molecule has 2 amide bonds. The molecule has 0 bridgehead atoms. The number of rotatable bonds is 10. The van der Waals surface area contributed by atoms with Crippen LogP contribution in [0.25, 0.3) is 11.3 Å². The fraction of sp³-hybridized carbons (Fsp3) is 0.477. The molecule has 4 atom stereocenters. The van der Waals surface area contributed by atoms with Gasteiger partial charge in [-0.15, -0.1) is 15.3 Å². The average Bonchev–Trinajstić information content (AvgIpc) is 3.85. The Kier molecular flexibility index (Phi) is 11.6. The lowest BCUT2D eigenvalue weighted by atomic mass is 9.85. The first-order chi connectivity index (χ1) is 28.4. The highest BCUT2D eigenvalue weighted by atomic mass is 35.5. The fourth-order valence-corrected chi connectivity index (χ4v) is 8.87. The van der Waals surface area contributed by atoms with Crippen LogP contribution in [0.15, 0.2) is 66.9 Å². The van der Waals surface area contributed by atoms with Crippen molar-refractivity contribution in [3.63, 3.8) is 0 Å². The number of halogens is 1. The Balaban J connectivity index is 1.04. The number of aromatic nitrogens is 5. The largest absolute Gasteiger partial charge is 0.484 e. The van der Waals surface area contributed by atoms with E-state index in [2.05, 4.69) is 51.1 Å². The molecule has 1 N–H and O–H groups in total. The molecule has 14 nitrogen and oxygen atoms in total. The lowest BCUT2D eigenvalue weighted by Crippen LogP contribution is -2.44. The number of fused-ring (bicyclic) bond motifs is 2. The molecule has 312 valence electrons. The van der Waals surface area contributed by atoms with Gasteiger partial charge in [0.05, 0.1) is 23.6 Å². The molecule has 5 heterocycles. The summed E-state index contributed by atoms with van der Waals surface area (Å²) in [6.07, 6.45) is 6.39. The van der Waals surface area contributed by atoms with Gasteiger partial charge in [0.1, 0.15) is 11.9 Å². The van der Waals surface area contributed by atoms with E-state index in [0.29, 0.717) is 47.9 Å². The molecule has 0 radical (unpaired) electrons. The number of piperidine rings is 1. The third-order valence-electron chi connectivity index (χ3n) is 12.1. The van der Waals surface area contributed by atoms with Gasteiger partial charge < -0.3 is 24.7 Å². The predicted octanol–water partition coefficient (Wildman–Crippen LogP) is 7.64. The van der Waals surface area contributed by atoms with Crippen LogP contribution in [0.2, 0.25) is 5.02 Å². The van der Waals surface area contributed by atoms with Crippen molar-refractivity contribution in [3.8, 4) is 11.4 Å². The monoisotopic (exact) mass is 822 g/mol. The Morgan fingerprint density at radius 1 is 0.949 bits per heavy atom. The molecular formula is C44H55ClN10O4. The van der Waals surface area contributed by atoms with Gasteiger partial charge in [-0.2, -0.15) is 5.10 Å². The lowest BCUT2D eigenvalue weighted by Gasteiger charge is -2.39. The van der Waals surface area contributed by atoms with Crippen molar-refractivity contribution in [3.05, 3.63) is 94.3 Å². The maximum Gasteiger partial charge on any atom is 0.357 e. The van der Waals surface area contributed by atoms with Crippen LogP contribution in [0.3, 0.4) is 0 Å². The fourth-order valence-electron chi connectivity index (χ4n) is 8.70. The molecule has 3 aliphatic rings. The lowest BCUT2D eigenvalue weighted by molar-refractivity contribution is -0.129. The second-order valence-corrected chi connectivity index (χ2v) is 17.8. The van der Waals surface area contributed by atoms with E-state index < -0.39 is 6.03 Å². The number of ether oxygens (including phenoxy) is 1. The highest BCUT2D eigenvalue weighted by Gasteiger charge is 2.34. The Labute approximate surface area is 351 Å². The summed E-state index contributed by atoms with van der Waals surface area (Å²) in [6.45, 7) is 15.4. The molecule has 5 aromatic rings. The van der Waals surface area contributed by atoms with Gasteiger partial charge >= 0.3 is 12.5 Å². The number of anilines is 2. The zero-order valence-electron chi connectivity index (χ0n) is 34.8. The van der Waals surface area contributed by atoms with Crippen molar-refractivity contribution in [1.29, 1.82) is 0 Å². The number of nitrogens with one attached hydrogen (secondary N) is 1. The van der Waals surface area contributed by atoms with Crippen LogP contribution in [0.4, 0.5) is 16.6 Å². The molecular weight excluding hydrogens is 768 g/mol. The van der Waals surface area contributed by atoms with Gasteiger partial charge in [0.25, 0.3) is 0 Å². The van der Waals surface area contributed by atoms with Crippen molar-refractivity contribution in [2.24, 2.45) is 0 Å². The summed E-state index contributed by atoms with van der Waals surface area (Å²) in [5, 5.41) is 18.8. The number of hydroxylamine groups is 1. The SMILES string of the molecule is C[C@@H]1CCC[C@H](C)N1c1nnc2ccc(O[C@@H]3CC[C@H](NC(=O)N(OC=O)c4cc(C(C)(C)C)nn4-c4ccc(Cl)c(CN5CCN(C)CC5)c4)c4ccccc43)cn12. The number of urea groups is 1. The second-order valence-electron chi connectivity index (χ2n) is 17.3. The normalized spacial score (nSPS) is 21.6. The van der Waals surface area contributed by atoms with Gasteiger partial charge in [-0.05, 0) is 100 Å². The first-order valence-electron chi connectivity index (χ1n) is 20.8. The predicted molar refractivity (Wildman–Crippen MR) is 228 cm³/mol. The Morgan fingerprint density at radius 2 is 1.69 bits per heavy atom. The zero-order valence-corrected chi connectivity index (χ0v) is 35.6. The maximum absolute atomic E-state index is 14.4. The molecule has 59 heavy (non-hydrogen) atoms. The van der Waals surface area contributed by atoms with Crippen LogP contribution in [-0.4, -0.2) is 92.0 Å². The van der Waals surface area contributed by atoms with Gasteiger partial charge in [0.15, 0.2) is 11.5 Å². The molecule has 8 rings (SSSR count). The van der Waals surface area contributed by atoms with Crippen molar-refractivity contribution < 1.29 is 19.2 Å². The van der Waals surface area contributed by atoms with E-state index in [1.165, 1.54) is 6.42 Å². The quantitative estimate of drug-likeness (QED) is 0.111. The molecule has 2 aromatic carbocycles. The van der Waals surface area contributed by atoms with Crippen LogP contribution in [-0.2, 0) is 21.6 Å². The summed E-state index contributed by atoms with van der Waals surface area (Å²) in [4.78, 5) is 39.0. The number of pyridine rings is 1. The third-order valence-corrected chi connectivity index (χ3v) is 12.4.